The van der Waals surface area contributed by atoms with Crippen LogP contribution in [0, 0.1) is 0 Å². The highest BCUT2D eigenvalue weighted by Crippen LogP contribution is 2.37. The predicted molar refractivity (Wildman–Crippen MR) is 102 cm³/mol. The maximum Gasteiger partial charge on any atom is 0.416 e. The molecule has 3 aromatic rings. The number of halogens is 6. The van der Waals surface area contributed by atoms with Gasteiger partial charge >= 0.3 is 12.4 Å². The van der Waals surface area contributed by atoms with E-state index in [9.17, 15) is 31.1 Å². The number of hydrogen-bond acceptors (Lipinski definition) is 3. The smallest absolute Gasteiger partial charge is 0.325 e. The minimum Gasteiger partial charge on any atom is -0.325 e. The van der Waals surface area contributed by atoms with Crippen molar-refractivity contribution in [1.82, 2.24) is 14.6 Å². The van der Waals surface area contributed by atoms with Crippen molar-refractivity contribution in [2.45, 2.75) is 18.9 Å². The quantitative estimate of drug-likeness (QED) is 0.388. The summed E-state index contributed by atoms with van der Waals surface area (Å²) in [5.41, 5.74) is -2.42. The number of benzene rings is 2. The molecule has 0 saturated carbocycles. The summed E-state index contributed by atoms with van der Waals surface area (Å²) >= 11 is 0. The molecule has 1 amide bonds. The molecule has 32 heavy (non-hydrogen) atoms. The Morgan fingerprint density at radius 1 is 1.00 bits per heavy atom. The molecule has 0 saturated heterocycles. The van der Waals surface area contributed by atoms with E-state index in [1.807, 2.05) is 0 Å². The van der Waals surface area contributed by atoms with Gasteiger partial charge in [-0.25, -0.2) is 10.0 Å². The van der Waals surface area contributed by atoms with Crippen LogP contribution < -0.4 is 0 Å². The normalized spacial score (nSPS) is 12.1. The van der Waals surface area contributed by atoms with Crippen molar-refractivity contribution >= 4 is 5.91 Å². The van der Waals surface area contributed by atoms with Crippen molar-refractivity contribution in [3.8, 4) is 11.3 Å². The third-order valence-electron chi connectivity index (χ3n) is 4.65. The molecule has 0 radical (unpaired) electrons. The third kappa shape index (κ3) is 4.93. The molecular formula is C21H17F6N3O2. The summed E-state index contributed by atoms with van der Waals surface area (Å²) in [6.07, 6.45) is -8.74. The molecule has 170 valence electrons. The molecule has 0 unspecified atom stereocenters. The topological polar surface area (TPSA) is 47.4 Å². The Balaban J connectivity index is 2.14. The van der Waals surface area contributed by atoms with Gasteiger partial charge in [0, 0.05) is 19.2 Å². The first-order chi connectivity index (χ1) is 14.9. The highest BCUT2D eigenvalue weighted by Gasteiger charge is 2.37. The minimum absolute atomic E-state index is 0.0661. The van der Waals surface area contributed by atoms with Gasteiger partial charge in [0.05, 0.1) is 30.3 Å². The second-order valence-electron chi connectivity index (χ2n) is 6.84. The van der Waals surface area contributed by atoms with Gasteiger partial charge in [-0.05, 0) is 23.8 Å². The van der Waals surface area contributed by atoms with Crippen molar-refractivity contribution < 1.29 is 36.0 Å². The van der Waals surface area contributed by atoms with E-state index in [1.54, 1.807) is 30.3 Å². The Kier molecular flexibility index (Phi) is 6.31. The standard InChI is InChI=1S/C21H17F6N3O2/c1-29(32-2)19(31)17-18(14-6-4-3-5-7-14)30(12-28-17)11-13-8-15(20(22,23)24)10-16(9-13)21(25,26)27/h3-10,12H,11H2,1-2H3. The van der Waals surface area contributed by atoms with E-state index in [1.165, 1.54) is 25.1 Å². The molecule has 5 nitrogen and oxygen atoms in total. The van der Waals surface area contributed by atoms with Gasteiger partial charge in [-0.15, -0.1) is 0 Å². The summed E-state index contributed by atoms with van der Waals surface area (Å²) in [4.78, 5) is 21.6. The van der Waals surface area contributed by atoms with Crippen LogP contribution in [-0.2, 0) is 23.7 Å². The number of aromatic nitrogens is 2. The molecule has 11 heteroatoms. The van der Waals surface area contributed by atoms with Crippen LogP contribution in [0.25, 0.3) is 11.3 Å². The summed E-state index contributed by atoms with van der Waals surface area (Å²) in [6, 6.07) is 9.71. The second-order valence-corrected chi connectivity index (χ2v) is 6.84. The van der Waals surface area contributed by atoms with Crippen LogP contribution in [0.3, 0.4) is 0 Å². The SMILES string of the molecule is CON(C)C(=O)c1ncn(Cc2cc(C(F)(F)F)cc(C(F)(F)F)c2)c1-c1ccccc1. The molecule has 0 N–H and O–H groups in total. The molecule has 0 spiro atoms. The van der Waals surface area contributed by atoms with Gasteiger partial charge in [-0.2, -0.15) is 26.3 Å². The van der Waals surface area contributed by atoms with Crippen molar-refractivity contribution in [2.75, 3.05) is 14.2 Å². The third-order valence-corrected chi connectivity index (χ3v) is 4.65. The van der Waals surface area contributed by atoms with Gasteiger partial charge < -0.3 is 4.57 Å². The fourth-order valence-corrected chi connectivity index (χ4v) is 3.10. The monoisotopic (exact) mass is 457 g/mol. The first-order valence-corrected chi connectivity index (χ1v) is 9.13. The van der Waals surface area contributed by atoms with Gasteiger partial charge in [0.15, 0.2) is 5.69 Å². The van der Waals surface area contributed by atoms with Crippen LogP contribution in [0.1, 0.15) is 27.2 Å². The zero-order valence-electron chi connectivity index (χ0n) is 16.8. The number of carbonyl (C=O) groups is 1. The average Bonchev–Trinajstić information content (AvgIpc) is 3.15. The van der Waals surface area contributed by atoms with Crippen LogP contribution in [0.5, 0.6) is 0 Å². The van der Waals surface area contributed by atoms with Gasteiger partial charge in [0.25, 0.3) is 5.91 Å². The molecule has 0 atom stereocenters. The van der Waals surface area contributed by atoms with Gasteiger partial charge in [-0.1, -0.05) is 30.3 Å². The van der Waals surface area contributed by atoms with Crippen molar-refractivity contribution in [1.29, 1.82) is 0 Å². The zero-order chi connectivity index (χ0) is 23.7. The van der Waals surface area contributed by atoms with E-state index >= 15 is 0 Å². The van der Waals surface area contributed by atoms with Crippen molar-refractivity contribution in [2.24, 2.45) is 0 Å². The summed E-state index contributed by atoms with van der Waals surface area (Å²) in [6.45, 7) is -0.381. The molecule has 2 aromatic carbocycles. The van der Waals surface area contributed by atoms with Crippen molar-refractivity contribution in [3.05, 3.63) is 77.2 Å². The van der Waals surface area contributed by atoms with E-state index < -0.39 is 29.4 Å². The first-order valence-electron chi connectivity index (χ1n) is 9.13. The molecule has 0 fully saturated rings. The van der Waals surface area contributed by atoms with Crippen molar-refractivity contribution in [3.63, 3.8) is 0 Å². The van der Waals surface area contributed by atoms with E-state index in [-0.39, 0.29) is 29.6 Å². The molecule has 0 bridgehead atoms. The minimum atomic E-state index is -4.96. The fraction of sp³-hybridized carbons (Fsp3) is 0.238. The second kappa shape index (κ2) is 8.65. The van der Waals surface area contributed by atoms with E-state index in [4.69, 9.17) is 4.84 Å². The summed E-state index contributed by atoms with van der Waals surface area (Å²) in [5.74, 6) is -0.634. The number of hydroxylamine groups is 2. The Bertz CT molecular complexity index is 1070. The lowest BCUT2D eigenvalue weighted by molar-refractivity contribution is -0.143. The van der Waals surface area contributed by atoms with Gasteiger partial charge in [-0.3, -0.25) is 9.63 Å². The van der Waals surface area contributed by atoms with Gasteiger partial charge in [0.1, 0.15) is 0 Å². The Morgan fingerprint density at radius 3 is 2.06 bits per heavy atom. The molecule has 0 aliphatic heterocycles. The maximum atomic E-state index is 13.2. The van der Waals surface area contributed by atoms with Crippen LogP contribution in [0.2, 0.25) is 0 Å². The average molecular weight is 457 g/mol. The highest BCUT2D eigenvalue weighted by atomic mass is 19.4. The highest BCUT2D eigenvalue weighted by molar-refractivity contribution is 5.97. The van der Waals surface area contributed by atoms with Crippen LogP contribution in [-0.4, -0.2) is 34.7 Å². The van der Waals surface area contributed by atoms with E-state index in [2.05, 4.69) is 4.98 Å². The maximum absolute atomic E-state index is 13.2. The number of amides is 1. The predicted octanol–water partition coefficient (Wildman–Crippen LogP) is 5.27. The largest absolute Gasteiger partial charge is 0.416 e. The Morgan fingerprint density at radius 2 is 1.56 bits per heavy atom. The number of nitrogens with zero attached hydrogens (tertiary/aromatic N) is 3. The lowest BCUT2D eigenvalue weighted by atomic mass is 10.0. The summed E-state index contributed by atoms with van der Waals surface area (Å²) < 4.78 is 80.6. The number of imidazole rings is 1. The lowest BCUT2D eigenvalue weighted by Crippen LogP contribution is -2.26. The fourth-order valence-electron chi connectivity index (χ4n) is 3.10. The molecular weight excluding hydrogens is 440 g/mol. The Hall–Kier alpha value is -3.34. The molecule has 3 rings (SSSR count). The zero-order valence-corrected chi connectivity index (χ0v) is 16.8. The van der Waals surface area contributed by atoms with Crippen LogP contribution in [0.4, 0.5) is 26.3 Å². The molecule has 0 aliphatic rings. The number of hydrogen-bond donors (Lipinski definition) is 0. The van der Waals surface area contributed by atoms with Gasteiger partial charge in [0.2, 0.25) is 0 Å². The first kappa shape index (κ1) is 23.3. The number of rotatable bonds is 5. The van der Waals surface area contributed by atoms with E-state index in [0.717, 1.165) is 5.06 Å². The number of carbonyl (C=O) groups excluding carboxylic acids is 1. The molecule has 0 aliphatic carbocycles. The summed E-state index contributed by atoms with van der Waals surface area (Å²) in [5, 5.41) is 0.908. The van der Waals surface area contributed by atoms with Crippen LogP contribution >= 0.6 is 0 Å². The van der Waals surface area contributed by atoms with Crippen LogP contribution in [0.15, 0.2) is 54.9 Å². The molecule has 1 heterocycles. The summed E-state index contributed by atoms with van der Waals surface area (Å²) in [7, 11) is 2.61. The lowest BCUT2D eigenvalue weighted by Gasteiger charge is -2.17. The number of alkyl halides is 6. The molecule has 1 aromatic heterocycles. The Labute approximate surface area is 178 Å². The van der Waals surface area contributed by atoms with E-state index in [0.29, 0.717) is 17.7 Å².